The van der Waals surface area contributed by atoms with Crippen molar-refractivity contribution in [2.75, 3.05) is 14.1 Å². The lowest BCUT2D eigenvalue weighted by Gasteiger charge is -2.33. The maximum atomic E-state index is 14.0. The SMILES string of the molecule is CC(C)CC1NC(=O)C(NC(=O)C(Cc2c[nH]c3ccccc23)N(C)C)C(C(C)C)Oc2cccc(c2)C=CNC1=O. The van der Waals surface area contributed by atoms with E-state index in [1.54, 1.807) is 12.3 Å². The number of nitrogens with zero attached hydrogens (tertiary/aromatic N) is 1. The fourth-order valence-electron chi connectivity index (χ4n) is 5.29. The zero-order chi connectivity index (χ0) is 30.4. The highest BCUT2D eigenvalue weighted by molar-refractivity contribution is 5.94. The molecule has 4 N–H and O–H groups in total. The molecule has 1 aliphatic heterocycles. The fourth-order valence-corrected chi connectivity index (χ4v) is 5.29. The normalized spacial score (nSPS) is 20.4. The Morgan fingerprint density at radius 1 is 1.02 bits per heavy atom. The van der Waals surface area contributed by atoms with Gasteiger partial charge in [-0.1, -0.05) is 58.0 Å². The number of carbonyl (C=O) groups excluding carboxylic acids is 3. The first-order valence-corrected chi connectivity index (χ1v) is 14.6. The molecule has 1 aliphatic rings. The number of H-pyrrole nitrogens is 1. The molecule has 224 valence electrons. The highest BCUT2D eigenvalue weighted by atomic mass is 16.5. The summed E-state index contributed by atoms with van der Waals surface area (Å²) >= 11 is 0. The number of ether oxygens (including phenoxy) is 1. The molecule has 0 saturated carbocycles. The average Bonchev–Trinajstić information content (AvgIpc) is 3.35. The number of likely N-dealkylation sites (N-methyl/N-ethyl adjacent to an activating group) is 1. The van der Waals surface area contributed by atoms with E-state index in [4.69, 9.17) is 4.74 Å². The quantitative estimate of drug-likeness (QED) is 0.327. The maximum absolute atomic E-state index is 14.0. The summed E-state index contributed by atoms with van der Waals surface area (Å²) in [7, 11) is 3.70. The smallest absolute Gasteiger partial charge is 0.247 e. The van der Waals surface area contributed by atoms with Crippen molar-refractivity contribution >= 4 is 34.7 Å². The Labute approximate surface area is 248 Å². The lowest BCUT2D eigenvalue weighted by Crippen LogP contribution is -2.62. The van der Waals surface area contributed by atoms with Gasteiger partial charge in [0, 0.05) is 23.3 Å². The molecule has 4 rings (SSSR count). The van der Waals surface area contributed by atoms with Crippen molar-refractivity contribution in [3.63, 3.8) is 0 Å². The number of rotatable bonds is 8. The Bertz CT molecular complexity index is 1430. The van der Waals surface area contributed by atoms with Gasteiger partial charge in [0.05, 0.1) is 6.04 Å². The van der Waals surface area contributed by atoms with E-state index in [-0.39, 0.29) is 23.7 Å². The molecule has 3 aromatic rings. The van der Waals surface area contributed by atoms with Gasteiger partial charge in [-0.2, -0.15) is 0 Å². The standard InChI is InChI=1S/C33H43N5O4/c1-20(2)16-27-31(39)34-15-14-22-10-9-11-24(17-22)42-30(21(3)4)29(33(41)36-27)37-32(40)28(38(5)6)18-23-19-35-26-13-8-7-12-25(23)26/h7-15,17,19-21,27-30,35H,16,18H2,1-6H3,(H,34,39)(H,36,41)(H,37,40). The van der Waals surface area contributed by atoms with Crippen molar-refractivity contribution in [2.24, 2.45) is 11.8 Å². The Kier molecular flexibility index (Phi) is 10.1. The number of para-hydroxylation sites is 1. The topological polar surface area (TPSA) is 116 Å². The minimum Gasteiger partial charge on any atom is -0.487 e. The number of fused-ring (bicyclic) bond motifs is 3. The molecule has 0 fully saturated rings. The Hall–Kier alpha value is -4.11. The molecule has 1 aromatic heterocycles. The first-order valence-electron chi connectivity index (χ1n) is 14.6. The Morgan fingerprint density at radius 3 is 2.50 bits per heavy atom. The lowest BCUT2D eigenvalue weighted by atomic mass is 9.96. The van der Waals surface area contributed by atoms with Crippen molar-refractivity contribution in [3.05, 3.63) is 72.1 Å². The van der Waals surface area contributed by atoms with Crippen LogP contribution >= 0.6 is 0 Å². The zero-order valence-corrected chi connectivity index (χ0v) is 25.3. The second-order valence-corrected chi connectivity index (χ2v) is 12.0. The van der Waals surface area contributed by atoms with E-state index < -0.39 is 30.1 Å². The predicted octanol–water partition coefficient (Wildman–Crippen LogP) is 3.86. The molecule has 2 aromatic carbocycles. The van der Waals surface area contributed by atoms with Gasteiger partial charge in [-0.25, -0.2) is 0 Å². The van der Waals surface area contributed by atoms with E-state index >= 15 is 0 Å². The highest BCUT2D eigenvalue weighted by Crippen LogP contribution is 2.23. The van der Waals surface area contributed by atoms with Gasteiger partial charge >= 0.3 is 0 Å². The number of benzene rings is 2. The van der Waals surface area contributed by atoms with E-state index in [2.05, 4.69) is 20.9 Å². The third-order valence-electron chi connectivity index (χ3n) is 7.55. The largest absolute Gasteiger partial charge is 0.487 e. The maximum Gasteiger partial charge on any atom is 0.247 e. The van der Waals surface area contributed by atoms with Crippen LogP contribution in [0.3, 0.4) is 0 Å². The molecule has 0 spiro atoms. The van der Waals surface area contributed by atoms with Gasteiger partial charge in [-0.3, -0.25) is 19.3 Å². The zero-order valence-electron chi connectivity index (χ0n) is 25.3. The van der Waals surface area contributed by atoms with Crippen LogP contribution < -0.4 is 20.7 Å². The van der Waals surface area contributed by atoms with Crippen LogP contribution in [-0.4, -0.2) is 65.9 Å². The number of aromatic amines is 1. The van der Waals surface area contributed by atoms with Gasteiger partial charge in [0.15, 0.2) is 0 Å². The van der Waals surface area contributed by atoms with Crippen LogP contribution in [0.4, 0.5) is 0 Å². The summed E-state index contributed by atoms with van der Waals surface area (Å²) < 4.78 is 6.43. The highest BCUT2D eigenvalue weighted by Gasteiger charge is 2.38. The third kappa shape index (κ3) is 7.59. The lowest BCUT2D eigenvalue weighted by molar-refractivity contribution is -0.136. The van der Waals surface area contributed by atoms with E-state index in [0.717, 1.165) is 22.0 Å². The average molecular weight is 574 g/mol. The van der Waals surface area contributed by atoms with Crippen LogP contribution in [0.1, 0.15) is 45.2 Å². The number of nitrogens with one attached hydrogen (secondary N) is 4. The van der Waals surface area contributed by atoms with Crippen molar-refractivity contribution in [3.8, 4) is 5.75 Å². The number of aromatic nitrogens is 1. The summed E-state index contributed by atoms with van der Waals surface area (Å²) in [6.45, 7) is 7.89. The molecule has 4 atom stereocenters. The van der Waals surface area contributed by atoms with Crippen LogP contribution in [0.2, 0.25) is 0 Å². The molecule has 4 unspecified atom stereocenters. The summed E-state index contributed by atoms with van der Waals surface area (Å²) in [5.74, 6) is -0.517. The number of amides is 3. The van der Waals surface area contributed by atoms with Crippen LogP contribution in [-0.2, 0) is 20.8 Å². The van der Waals surface area contributed by atoms with E-state index in [0.29, 0.717) is 18.6 Å². The molecule has 3 amide bonds. The first kappa shape index (κ1) is 30.8. The summed E-state index contributed by atoms with van der Waals surface area (Å²) in [4.78, 5) is 46.2. The van der Waals surface area contributed by atoms with E-state index in [1.165, 1.54) is 0 Å². The van der Waals surface area contributed by atoms with Crippen molar-refractivity contribution < 1.29 is 19.1 Å². The summed E-state index contributed by atoms with van der Waals surface area (Å²) in [6, 6.07) is 13.0. The van der Waals surface area contributed by atoms with E-state index in [9.17, 15) is 14.4 Å². The van der Waals surface area contributed by atoms with Crippen molar-refractivity contribution in [1.29, 1.82) is 0 Å². The first-order chi connectivity index (χ1) is 20.0. The summed E-state index contributed by atoms with van der Waals surface area (Å²) in [5.41, 5.74) is 2.84. The molecule has 0 aliphatic carbocycles. The second-order valence-electron chi connectivity index (χ2n) is 12.0. The van der Waals surface area contributed by atoms with Gasteiger partial charge in [0.25, 0.3) is 0 Å². The third-order valence-corrected chi connectivity index (χ3v) is 7.55. The Balaban J connectivity index is 1.69. The molecule has 42 heavy (non-hydrogen) atoms. The minimum atomic E-state index is -1.05. The van der Waals surface area contributed by atoms with Crippen LogP contribution in [0, 0.1) is 11.8 Å². The molecule has 9 heteroatoms. The predicted molar refractivity (Wildman–Crippen MR) is 166 cm³/mol. The summed E-state index contributed by atoms with van der Waals surface area (Å²) in [5, 5.41) is 9.80. The minimum absolute atomic E-state index is 0.144. The van der Waals surface area contributed by atoms with Gasteiger partial charge in [0.2, 0.25) is 17.7 Å². The molecule has 0 radical (unpaired) electrons. The van der Waals surface area contributed by atoms with E-state index in [1.807, 2.05) is 101 Å². The van der Waals surface area contributed by atoms with Crippen molar-refractivity contribution in [1.82, 2.24) is 25.8 Å². The second kappa shape index (κ2) is 13.7. The number of carbonyl (C=O) groups is 3. The Morgan fingerprint density at radius 2 is 1.79 bits per heavy atom. The fraction of sp³-hybridized carbons (Fsp3) is 0.424. The van der Waals surface area contributed by atoms with Gasteiger partial charge in [0.1, 0.15) is 23.9 Å². The number of hydrogen-bond donors (Lipinski definition) is 4. The van der Waals surface area contributed by atoms with Gasteiger partial charge in [-0.05, 0) is 74.2 Å². The number of hydrogen-bond acceptors (Lipinski definition) is 5. The molecular formula is C33H43N5O4. The molecule has 9 nitrogen and oxygen atoms in total. The summed E-state index contributed by atoms with van der Waals surface area (Å²) in [6.07, 6.45) is 5.46. The van der Waals surface area contributed by atoms with Crippen molar-refractivity contribution in [2.45, 2.75) is 64.8 Å². The van der Waals surface area contributed by atoms with Gasteiger partial charge in [-0.15, -0.1) is 0 Å². The van der Waals surface area contributed by atoms with Crippen LogP contribution in [0.25, 0.3) is 17.0 Å². The molecular weight excluding hydrogens is 530 g/mol. The monoisotopic (exact) mass is 573 g/mol. The van der Waals surface area contributed by atoms with Crippen LogP contribution in [0.5, 0.6) is 5.75 Å². The molecule has 2 heterocycles. The molecule has 2 bridgehead atoms. The molecule has 0 saturated heterocycles. The van der Waals surface area contributed by atoms with Gasteiger partial charge < -0.3 is 25.7 Å². The van der Waals surface area contributed by atoms with Crippen LogP contribution in [0.15, 0.2) is 60.9 Å².